The molecule has 2 amide bonds. The Bertz CT molecular complexity index is 470. The molecule has 0 bridgehead atoms. The van der Waals surface area contributed by atoms with Crippen molar-refractivity contribution in [2.24, 2.45) is 5.73 Å². The van der Waals surface area contributed by atoms with Gasteiger partial charge in [-0.15, -0.1) is 0 Å². The van der Waals surface area contributed by atoms with E-state index >= 15 is 0 Å². The molecule has 3 N–H and O–H groups in total. The van der Waals surface area contributed by atoms with Crippen LogP contribution in [0.3, 0.4) is 0 Å². The van der Waals surface area contributed by atoms with Gasteiger partial charge in [0.1, 0.15) is 6.04 Å². The van der Waals surface area contributed by atoms with Gasteiger partial charge in [0.15, 0.2) is 0 Å². The number of piperidine rings is 1. The number of nitrogens with one attached hydrogen (secondary N) is 1. The SMILES string of the molecule is NC(C(=O)NCCC(=O)N1CCCCC1)c1ccccc1. The summed E-state index contributed by atoms with van der Waals surface area (Å²) >= 11 is 0. The second kappa shape index (κ2) is 7.78. The van der Waals surface area contributed by atoms with Gasteiger partial charge in [-0.05, 0) is 24.8 Å². The molecule has 1 atom stereocenters. The van der Waals surface area contributed by atoms with E-state index in [0.717, 1.165) is 31.5 Å². The van der Waals surface area contributed by atoms with Crippen molar-refractivity contribution in [2.45, 2.75) is 31.7 Å². The second-order valence-electron chi connectivity index (χ2n) is 5.37. The summed E-state index contributed by atoms with van der Waals surface area (Å²) in [7, 11) is 0. The minimum atomic E-state index is -0.684. The molecule has 0 spiro atoms. The average Bonchev–Trinajstić information content (AvgIpc) is 2.55. The Kier molecular flexibility index (Phi) is 5.75. The number of nitrogens with zero attached hydrogens (tertiary/aromatic N) is 1. The number of amides is 2. The molecular weight excluding hydrogens is 266 g/mol. The predicted molar refractivity (Wildman–Crippen MR) is 81.4 cm³/mol. The van der Waals surface area contributed by atoms with E-state index in [0.29, 0.717) is 13.0 Å². The number of carbonyl (C=O) groups is 2. The van der Waals surface area contributed by atoms with Crippen LogP contribution in [0.2, 0.25) is 0 Å². The quantitative estimate of drug-likeness (QED) is 0.855. The Morgan fingerprint density at radius 2 is 1.81 bits per heavy atom. The Hall–Kier alpha value is -1.88. The third kappa shape index (κ3) is 4.56. The van der Waals surface area contributed by atoms with Crippen molar-refractivity contribution in [2.75, 3.05) is 19.6 Å². The van der Waals surface area contributed by atoms with Gasteiger partial charge < -0.3 is 16.0 Å². The topological polar surface area (TPSA) is 75.4 Å². The van der Waals surface area contributed by atoms with Gasteiger partial charge in [-0.3, -0.25) is 9.59 Å². The maximum absolute atomic E-state index is 12.0. The number of rotatable bonds is 5. The first kappa shape index (κ1) is 15.5. The lowest BCUT2D eigenvalue weighted by Crippen LogP contribution is -2.39. The fraction of sp³-hybridized carbons (Fsp3) is 0.500. The third-order valence-electron chi connectivity index (χ3n) is 3.79. The van der Waals surface area contributed by atoms with Crippen molar-refractivity contribution in [3.05, 3.63) is 35.9 Å². The highest BCUT2D eigenvalue weighted by atomic mass is 16.2. The highest BCUT2D eigenvalue weighted by molar-refractivity contribution is 5.83. The van der Waals surface area contributed by atoms with E-state index in [2.05, 4.69) is 5.32 Å². The summed E-state index contributed by atoms with van der Waals surface area (Å²) in [6.45, 7) is 2.03. The third-order valence-corrected chi connectivity index (χ3v) is 3.79. The van der Waals surface area contributed by atoms with Crippen LogP contribution in [0.5, 0.6) is 0 Å². The number of hydrogen-bond donors (Lipinski definition) is 2. The minimum absolute atomic E-state index is 0.114. The Morgan fingerprint density at radius 3 is 2.48 bits per heavy atom. The number of benzene rings is 1. The van der Waals surface area contributed by atoms with Crippen LogP contribution >= 0.6 is 0 Å². The summed E-state index contributed by atoms with van der Waals surface area (Å²) in [4.78, 5) is 25.8. The van der Waals surface area contributed by atoms with Crippen LogP contribution in [0.25, 0.3) is 0 Å². The molecule has 1 aliphatic heterocycles. The summed E-state index contributed by atoms with van der Waals surface area (Å²) in [5.74, 6) is -0.129. The lowest BCUT2D eigenvalue weighted by molar-refractivity contribution is -0.132. The molecule has 1 saturated heterocycles. The summed E-state index contributed by atoms with van der Waals surface area (Å²) in [6, 6.07) is 8.54. The van der Waals surface area contributed by atoms with Gasteiger partial charge in [0.2, 0.25) is 11.8 Å². The molecule has 1 unspecified atom stereocenters. The van der Waals surface area contributed by atoms with Gasteiger partial charge in [0.05, 0.1) is 0 Å². The zero-order valence-corrected chi connectivity index (χ0v) is 12.3. The highest BCUT2D eigenvalue weighted by Gasteiger charge is 2.18. The molecular formula is C16H23N3O2. The van der Waals surface area contributed by atoms with Crippen molar-refractivity contribution in [1.29, 1.82) is 0 Å². The van der Waals surface area contributed by atoms with Gasteiger partial charge in [-0.1, -0.05) is 30.3 Å². The molecule has 114 valence electrons. The molecule has 0 aliphatic carbocycles. The molecule has 5 nitrogen and oxygen atoms in total. The molecule has 21 heavy (non-hydrogen) atoms. The number of nitrogens with two attached hydrogens (primary N) is 1. The molecule has 0 radical (unpaired) electrons. The highest BCUT2D eigenvalue weighted by Crippen LogP contribution is 2.10. The molecule has 1 heterocycles. The van der Waals surface area contributed by atoms with Crippen LogP contribution in [-0.2, 0) is 9.59 Å². The number of hydrogen-bond acceptors (Lipinski definition) is 3. The maximum Gasteiger partial charge on any atom is 0.241 e. The van der Waals surface area contributed by atoms with Crippen LogP contribution < -0.4 is 11.1 Å². The fourth-order valence-corrected chi connectivity index (χ4v) is 2.52. The normalized spacial score (nSPS) is 16.3. The first-order valence-electron chi connectivity index (χ1n) is 7.54. The van der Waals surface area contributed by atoms with Gasteiger partial charge in [0.25, 0.3) is 0 Å². The van der Waals surface area contributed by atoms with Crippen LogP contribution in [0.4, 0.5) is 0 Å². The summed E-state index contributed by atoms with van der Waals surface area (Å²) in [6.07, 6.45) is 3.70. The van der Waals surface area contributed by atoms with Gasteiger partial charge in [-0.2, -0.15) is 0 Å². The van der Waals surface area contributed by atoms with Crippen molar-refractivity contribution in [1.82, 2.24) is 10.2 Å². The van der Waals surface area contributed by atoms with Gasteiger partial charge in [-0.25, -0.2) is 0 Å². The van der Waals surface area contributed by atoms with Crippen LogP contribution in [-0.4, -0.2) is 36.3 Å². The average molecular weight is 289 g/mol. The smallest absolute Gasteiger partial charge is 0.241 e. The standard InChI is InChI=1S/C16H23N3O2/c17-15(13-7-3-1-4-8-13)16(21)18-10-9-14(20)19-11-5-2-6-12-19/h1,3-4,7-8,15H,2,5-6,9-12,17H2,(H,18,21). The molecule has 1 aromatic rings. The summed E-state index contributed by atoms with van der Waals surface area (Å²) in [5.41, 5.74) is 6.67. The Labute approximate surface area is 125 Å². The van der Waals surface area contributed by atoms with Crippen LogP contribution in [0, 0.1) is 0 Å². The molecule has 1 fully saturated rings. The number of carbonyl (C=O) groups excluding carboxylic acids is 2. The van der Waals surface area contributed by atoms with Crippen LogP contribution in [0.1, 0.15) is 37.3 Å². The predicted octanol–water partition coefficient (Wildman–Crippen LogP) is 1.21. The first-order valence-corrected chi connectivity index (χ1v) is 7.54. The monoisotopic (exact) mass is 289 g/mol. The van der Waals surface area contributed by atoms with E-state index in [1.807, 2.05) is 35.2 Å². The fourth-order valence-electron chi connectivity index (χ4n) is 2.52. The van der Waals surface area contributed by atoms with E-state index in [4.69, 9.17) is 5.73 Å². The van der Waals surface area contributed by atoms with Crippen LogP contribution in [0.15, 0.2) is 30.3 Å². The lowest BCUT2D eigenvalue weighted by Gasteiger charge is -2.26. The molecule has 0 aromatic heterocycles. The molecule has 5 heteroatoms. The largest absolute Gasteiger partial charge is 0.354 e. The molecule has 1 aromatic carbocycles. The first-order chi connectivity index (χ1) is 10.2. The molecule has 0 saturated carbocycles. The minimum Gasteiger partial charge on any atom is -0.354 e. The lowest BCUT2D eigenvalue weighted by atomic mass is 10.1. The maximum atomic E-state index is 12.0. The van der Waals surface area contributed by atoms with E-state index in [1.165, 1.54) is 6.42 Å². The second-order valence-corrected chi connectivity index (χ2v) is 5.37. The van der Waals surface area contributed by atoms with E-state index in [-0.39, 0.29) is 11.8 Å². The summed E-state index contributed by atoms with van der Waals surface area (Å²) < 4.78 is 0. The van der Waals surface area contributed by atoms with Gasteiger partial charge >= 0.3 is 0 Å². The molecule has 1 aliphatic rings. The Balaban J connectivity index is 1.72. The zero-order valence-electron chi connectivity index (χ0n) is 12.3. The van der Waals surface area contributed by atoms with E-state index < -0.39 is 6.04 Å². The summed E-state index contributed by atoms with van der Waals surface area (Å²) in [5, 5.41) is 2.74. The number of likely N-dealkylation sites (tertiary alicyclic amines) is 1. The van der Waals surface area contributed by atoms with Gasteiger partial charge in [0, 0.05) is 26.1 Å². The van der Waals surface area contributed by atoms with Crippen molar-refractivity contribution < 1.29 is 9.59 Å². The zero-order chi connectivity index (χ0) is 15.1. The van der Waals surface area contributed by atoms with E-state index in [9.17, 15) is 9.59 Å². The van der Waals surface area contributed by atoms with Crippen molar-refractivity contribution in [3.63, 3.8) is 0 Å². The Morgan fingerprint density at radius 1 is 1.14 bits per heavy atom. The van der Waals surface area contributed by atoms with E-state index in [1.54, 1.807) is 0 Å². The van der Waals surface area contributed by atoms with Crippen molar-refractivity contribution in [3.8, 4) is 0 Å². The van der Waals surface area contributed by atoms with Crippen molar-refractivity contribution >= 4 is 11.8 Å². The molecule has 2 rings (SSSR count).